The van der Waals surface area contributed by atoms with Gasteiger partial charge >= 0.3 is 0 Å². The van der Waals surface area contributed by atoms with Crippen LogP contribution in [0.3, 0.4) is 0 Å². The van der Waals surface area contributed by atoms with Crippen LogP contribution in [0.4, 0.5) is 0 Å². The van der Waals surface area contributed by atoms with Crippen molar-refractivity contribution in [2.24, 2.45) is 0 Å². The van der Waals surface area contributed by atoms with Gasteiger partial charge in [0.1, 0.15) is 0 Å². The quantitative estimate of drug-likeness (QED) is 0.867. The first kappa shape index (κ1) is 13.5. The van der Waals surface area contributed by atoms with Gasteiger partial charge in [-0.1, -0.05) is 32.9 Å². The van der Waals surface area contributed by atoms with E-state index >= 15 is 0 Å². The second kappa shape index (κ2) is 4.64. The van der Waals surface area contributed by atoms with Gasteiger partial charge in [-0.05, 0) is 23.1 Å². The fourth-order valence-electron chi connectivity index (χ4n) is 1.79. The molecule has 5 heteroatoms. The van der Waals surface area contributed by atoms with Crippen LogP contribution in [-0.2, 0) is 15.4 Å². The Bertz CT molecular complexity index is 511. The zero-order valence-corrected chi connectivity index (χ0v) is 11.8. The maximum atomic E-state index is 12.1. The Morgan fingerprint density at radius 3 is 2.11 bits per heavy atom. The smallest absolute Gasteiger partial charge is 0.240 e. The predicted molar refractivity (Wildman–Crippen MR) is 72.1 cm³/mol. The molecule has 4 nitrogen and oxygen atoms in total. The molecule has 0 amide bonds. The molecule has 1 aromatic rings. The van der Waals surface area contributed by atoms with E-state index in [2.05, 4.69) is 30.8 Å². The van der Waals surface area contributed by atoms with E-state index in [4.69, 9.17) is 0 Å². The van der Waals surface area contributed by atoms with Gasteiger partial charge in [-0.15, -0.1) is 0 Å². The third-order valence-electron chi connectivity index (χ3n) is 3.13. The van der Waals surface area contributed by atoms with Crippen LogP contribution in [-0.4, -0.2) is 27.5 Å². The van der Waals surface area contributed by atoms with Gasteiger partial charge in [0.2, 0.25) is 10.0 Å². The van der Waals surface area contributed by atoms with Crippen LogP contribution in [0.5, 0.6) is 0 Å². The average Bonchev–Trinajstić information content (AvgIpc) is 2.23. The lowest BCUT2D eigenvalue weighted by atomic mass is 9.87. The molecule has 18 heavy (non-hydrogen) atoms. The molecule has 1 aromatic carbocycles. The van der Waals surface area contributed by atoms with Crippen molar-refractivity contribution in [3.8, 4) is 0 Å². The minimum Gasteiger partial charge on any atom is -0.313 e. The van der Waals surface area contributed by atoms with E-state index in [0.29, 0.717) is 18.0 Å². The van der Waals surface area contributed by atoms with Gasteiger partial charge in [-0.3, -0.25) is 0 Å². The van der Waals surface area contributed by atoms with Crippen molar-refractivity contribution >= 4 is 10.0 Å². The number of hydrogen-bond donors (Lipinski definition) is 2. The maximum absolute atomic E-state index is 12.1. The molecule has 0 radical (unpaired) electrons. The Kier molecular flexibility index (Phi) is 3.49. The maximum Gasteiger partial charge on any atom is 0.240 e. The number of nitrogens with one attached hydrogen (secondary N) is 2. The molecule has 1 aliphatic rings. The third-order valence-corrected chi connectivity index (χ3v) is 4.67. The molecule has 1 heterocycles. The van der Waals surface area contributed by atoms with Gasteiger partial charge in [-0.2, -0.15) is 0 Å². The van der Waals surface area contributed by atoms with E-state index in [9.17, 15) is 8.42 Å². The van der Waals surface area contributed by atoms with Crippen LogP contribution in [0.15, 0.2) is 29.2 Å². The normalized spacial score (nSPS) is 17.5. The molecule has 0 saturated carbocycles. The Labute approximate surface area is 109 Å². The summed E-state index contributed by atoms with van der Waals surface area (Å²) in [4.78, 5) is 0.336. The summed E-state index contributed by atoms with van der Waals surface area (Å²) in [5.41, 5.74) is 1.17. The number of rotatable bonds is 3. The zero-order valence-electron chi connectivity index (χ0n) is 11.0. The Hall–Kier alpha value is -0.910. The first-order valence-corrected chi connectivity index (χ1v) is 7.61. The first-order chi connectivity index (χ1) is 8.29. The molecule has 1 fully saturated rings. The van der Waals surface area contributed by atoms with Gasteiger partial charge in [-0.25, -0.2) is 13.1 Å². The zero-order chi connectivity index (χ0) is 13.4. The molecular formula is C13H20N2O2S. The highest BCUT2D eigenvalue weighted by atomic mass is 32.2. The van der Waals surface area contributed by atoms with Crippen molar-refractivity contribution in [2.45, 2.75) is 37.1 Å². The van der Waals surface area contributed by atoms with E-state index in [1.165, 1.54) is 0 Å². The summed E-state index contributed by atoms with van der Waals surface area (Å²) in [5, 5.41) is 3.04. The molecule has 100 valence electrons. The summed E-state index contributed by atoms with van der Waals surface area (Å²) in [7, 11) is -3.37. The van der Waals surface area contributed by atoms with Crippen LogP contribution in [0.1, 0.15) is 26.3 Å². The Morgan fingerprint density at radius 2 is 1.72 bits per heavy atom. The van der Waals surface area contributed by atoms with Crippen molar-refractivity contribution < 1.29 is 8.42 Å². The minimum absolute atomic E-state index is 0.0253. The van der Waals surface area contributed by atoms with Crippen LogP contribution in [0.2, 0.25) is 0 Å². The molecule has 0 aliphatic carbocycles. The fourth-order valence-corrected chi connectivity index (χ4v) is 3.03. The second-order valence-corrected chi connectivity index (χ2v) is 7.46. The number of sulfonamides is 1. The van der Waals surface area contributed by atoms with E-state index < -0.39 is 10.0 Å². The number of benzene rings is 1. The van der Waals surface area contributed by atoms with Gasteiger partial charge in [0.15, 0.2) is 0 Å². The highest BCUT2D eigenvalue weighted by Crippen LogP contribution is 2.23. The standard InChI is InChI=1S/C13H20N2O2S/c1-13(2,3)10-4-6-12(7-5-10)18(16,17)15-11-8-14-9-11/h4-7,11,14-15H,8-9H2,1-3H3. The van der Waals surface area contributed by atoms with Crippen LogP contribution in [0, 0.1) is 0 Å². The summed E-state index contributed by atoms with van der Waals surface area (Å²) >= 11 is 0. The van der Waals surface area contributed by atoms with Crippen molar-refractivity contribution in [1.82, 2.24) is 10.0 Å². The monoisotopic (exact) mass is 268 g/mol. The lowest BCUT2D eigenvalue weighted by Gasteiger charge is -2.27. The van der Waals surface area contributed by atoms with Gasteiger partial charge in [0.05, 0.1) is 4.90 Å². The van der Waals surface area contributed by atoms with Crippen molar-refractivity contribution in [3.05, 3.63) is 29.8 Å². The van der Waals surface area contributed by atoms with Crippen LogP contribution >= 0.6 is 0 Å². The Balaban J connectivity index is 2.18. The lowest BCUT2D eigenvalue weighted by Crippen LogP contribution is -2.56. The predicted octanol–water partition coefficient (Wildman–Crippen LogP) is 1.23. The van der Waals surface area contributed by atoms with E-state index in [1.807, 2.05) is 12.1 Å². The lowest BCUT2D eigenvalue weighted by molar-refractivity contribution is 0.410. The molecule has 1 saturated heterocycles. The largest absolute Gasteiger partial charge is 0.313 e. The SMILES string of the molecule is CC(C)(C)c1ccc(S(=O)(=O)NC2CNC2)cc1. The number of hydrogen-bond acceptors (Lipinski definition) is 3. The summed E-state index contributed by atoms with van der Waals surface area (Å²) < 4.78 is 26.8. The highest BCUT2D eigenvalue weighted by molar-refractivity contribution is 7.89. The minimum atomic E-state index is -3.37. The van der Waals surface area contributed by atoms with E-state index in [1.54, 1.807) is 12.1 Å². The highest BCUT2D eigenvalue weighted by Gasteiger charge is 2.24. The molecule has 2 rings (SSSR count). The van der Waals surface area contributed by atoms with Crippen molar-refractivity contribution in [3.63, 3.8) is 0 Å². The molecule has 0 atom stereocenters. The second-order valence-electron chi connectivity index (χ2n) is 5.75. The Morgan fingerprint density at radius 1 is 1.17 bits per heavy atom. The topological polar surface area (TPSA) is 58.2 Å². The molecule has 1 aliphatic heterocycles. The summed E-state index contributed by atoms with van der Waals surface area (Å²) in [5.74, 6) is 0. The first-order valence-electron chi connectivity index (χ1n) is 6.13. The van der Waals surface area contributed by atoms with Crippen molar-refractivity contribution in [2.75, 3.05) is 13.1 Å². The van der Waals surface area contributed by atoms with Crippen LogP contribution in [0.25, 0.3) is 0 Å². The van der Waals surface area contributed by atoms with Gasteiger partial charge in [0.25, 0.3) is 0 Å². The molecular weight excluding hydrogens is 248 g/mol. The molecule has 0 unspecified atom stereocenters. The molecule has 0 spiro atoms. The average molecular weight is 268 g/mol. The summed E-state index contributed by atoms with van der Waals surface area (Å²) in [6, 6.07) is 7.14. The third kappa shape index (κ3) is 2.91. The van der Waals surface area contributed by atoms with E-state index in [-0.39, 0.29) is 11.5 Å². The molecule has 0 bridgehead atoms. The van der Waals surface area contributed by atoms with Gasteiger partial charge < -0.3 is 5.32 Å². The van der Waals surface area contributed by atoms with E-state index in [0.717, 1.165) is 5.56 Å². The van der Waals surface area contributed by atoms with Crippen LogP contribution < -0.4 is 10.0 Å². The summed E-state index contributed by atoms with van der Waals surface area (Å²) in [6.45, 7) is 7.73. The van der Waals surface area contributed by atoms with Crippen molar-refractivity contribution in [1.29, 1.82) is 0 Å². The fraction of sp³-hybridized carbons (Fsp3) is 0.538. The molecule has 2 N–H and O–H groups in total. The summed E-state index contributed by atoms with van der Waals surface area (Å²) in [6.07, 6.45) is 0. The van der Waals surface area contributed by atoms with Gasteiger partial charge in [0, 0.05) is 19.1 Å². The molecule has 0 aromatic heterocycles.